The average molecular weight is 339 g/mol. The molecular formula is C19H14FNO4. The van der Waals surface area contributed by atoms with Crippen LogP contribution >= 0.6 is 0 Å². The first kappa shape index (κ1) is 16.4. The minimum absolute atomic E-state index is 0.108. The Kier molecular flexibility index (Phi) is 4.89. The first-order chi connectivity index (χ1) is 12.1. The molecule has 3 aromatic carbocycles. The van der Waals surface area contributed by atoms with E-state index in [-0.39, 0.29) is 23.9 Å². The number of halogens is 1. The Labute approximate surface area is 143 Å². The molecule has 126 valence electrons. The Bertz CT molecular complexity index is 881. The zero-order valence-electron chi connectivity index (χ0n) is 13.1. The number of hydrogen-bond acceptors (Lipinski definition) is 4. The molecule has 0 N–H and O–H groups in total. The van der Waals surface area contributed by atoms with Gasteiger partial charge in [-0.2, -0.15) is 0 Å². The highest BCUT2D eigenvalue weighted by molar-refractivity contribution is 5.48. The molecule has 5 nitrogen and oxygen atoms in total. The van der Waals surface area contributed by atoms with Crippen molar-refractivity contribution in [3.63, 3.8) is 0 Å². The zero-order valence-corrected chi connectivity index (χ0v) is 13.1. The fraction of sp³-hybridized carbons (Fsp3) is 0.0526. The van der Waals surface area contributed by atoms with E-state index in [2.05, 4.69) is 0 Å². The van der Waals surface area contributed by atoms with E-state index >= 15 is 0 Å². The molecule has 0 radical (unpaired) electrons. The summed E-state index contributed by atoms with van der Waals surface area (Å²) < 4.78 is 24.6. The first-order valence-electron chi connectivity index (χ1n) is 7.51. The summed E-state index contributed by atoms with van der Waals surface area (Å²) >= 11 is 0. The number of rotatable bonds is 6. The van der Waals surface area contributed by atoms with Crippen LogP contribution in [0.2, 0.25) is 0 Å². The number of nitrogens with zero attached hydrogens (tertiary/aromatic N) is 1. The normalized spacial score (nSPS) is 10.3. The quantitative estimate of drug-likeness (QED) is 0.463. The van der Waals surface area contributed by atoms with Crippen molar-refractivity contribution in [2.75, 3.05) is 0 Å². The van der Waals surface area contributed by atoms with Crippen molar-refractivity contribution in [3.05, 3.63) is 94.3 Å². The van der Waals surface area contributed by atoms with Crippen molar-refractivity contribution < 1.29 is 18.8 Å². The van der Waals surface area contributed by atoms with Gasteiger partial charge in [-0.05, 0) is 36.4 Å². The highest BCUT2D eigenvalue weighted by Crippen LogP contribution is 2.31. The molecule has 0 bridgehead atoms. The summed E-state index contributed by atoms with van der Waals surface area (Å²) in [5.41, 5.74) is 0.352. The van der Waals surface area contributed by atoms with Crippen molar-refractivity contribution in [1.29, 1.82) is 0 Å². The molecule has 0 saturated heterocycles. The van der Waals surface area contributed by atoms with Gasteiger partial charge < -0.3 is 9.47 Å². The lowest BCUT2D eigenvalue weighted by molar-refractivity contribution is -0.385. The predicted molar refractivity (Wildman–Crippen MR) is 90.3 cm³/mol. The molecule has 0 heterocycles. The van der Waals surface area contributed by atoms with E-state index in [0.717, 1.165) is 0 Å². The van der Waals surface area contributed by atoms with Crippen molar-refractivity contribution in [3.8, 4) is 17.2 Å². The minimum atomic E-state index is -0.499. The van der Waals surface area contributed by atoms with E-state index < -0.39 is 4.92 Å². The molecule has 6 heteroatoms. The molecule has 0 saturated carbocycles. The van der Waals surface area contributed by atoms with E-state index in [0.29, 0.717) is 17.1 Å². The monoisotopic (exact) mass is 339 g/mol. The molecule has 0 aromatic heterocycles. The highest BCUT2D eigenvalue weighted by Gasteiger charge is 2.14. The van der Waals surface area contributed by atoms with Crippen LogP contribution in [0.3, 0.4) is 0 Å². The molecule has 0 aliphatic heterocycles. The minimum Gasteiger partial charge on any atom is -0.489 e. The van der Waals surface area contributed by atoms with Gasteiger partial charge >= 0.3 is 5.69 Å². The molecule has 0 spiro atoms. The Morgan fingerprint density at radius 3 is 2.24 bits per heavy atom. The van der Waals surface area contributed by atoms with Crippen molar-refractivity contribution in [1.82, 2.24) is 0 Å². The molecule has 25 heavy (non-hydrogen) atoms. The van der Waals surface area contributed by atoms with Gasteiger partial charge in [0.05, 0.1) is 4.92 Å². The number of nitro groups is 1. The van der Waals surface area contributed by atoms with E-state index in [4.69, 9.17) is 9.47 Å². The Hall–Kier alpha value is -3.41. The van der Waals surface area contributed by atoms with E-state index in [1.165, 1.54) is 18.2 Å². The van der Waals surface area contributed by atoms with E-state index in [1.54, 1.807) is 54.6 Å². The second-order valence-electron chi connectivity index (χ2n) is 5.18. The van der Waals surface area contributed by atoms with Crippen molar-refractivity contribution in [2.45, 2.75) is 6.61 Å². The number of hydrogen-bond donors (Lipinski definition) is 0. The molecule has 0 unspecified atom stereocenters. The van der Waals surface area contributed by atoms with Crippen LogP contribution < -0.4 is 9.47 Å². The summed E-state index contributed by atoms with van der Waals surface area (Å²) in [5, 5.41) is 11.0. The second kappa shape index (κ2) is 7.44. The van der Waals surface area contributed by atoms with Crippen LogP contribution in [0.4, 0.5) is 10.1 Å². The first-order valence-corrected chi connectivity index (χ1v) is 7.51. The van der Waals surface area contributed by atoms with Crippen LogP contribution in [0.25, 0.3) is 0 Å². The van der Waals surface area contributed by atoms with Gasteiger partial charge in [0.15, 0.2) is 0 Å². The van der Waals surface area contributed by atoms with Crippen LogP contribution in [0.1, 0.15) is 5.56 Å². The van der Waals surface area contributed by atoms with Gasteiger partial charge in [-0.15, -0.1) is 0 Å². The standard InChI is InChI=1S/C19H14FNO4/c20-17-6-2-1-5-14(17)13-24-15-9-11-16(12-10-15)25-19-8-4-3-7-18(19)21(22)23/h1-12H,13H2. The number of nitro benzene ring substituents is 1. The fourth-order valence-corrected chi connectivity index (χ4v) is 2.20. The highest BCUT2D eigenvalue weighted by atomic mass is 19.1. The Balaban J connectivity index is 1.67. The van der Waals surface area contributed by atoms with Gasteiger partial charge in [0, 0.05) is 11.6 Å². The third-order valence-corrected chi connectivity index (χ3v) is 3.47. The summed E-state index contributed by atoms with van der Waals surface area (Å²) in [6, 6.07) is 19.1. The predicted octanol–water partition coefficient (Wildman–Crippen LogP) is 5.11. The largest absolute Gasteiger partial charge is 0.489 e. The number of para-hydroxylation sites is 2. The second-order valence-corrected chi connectivity index (χ2v) is 5.18. The van der Waals surface area contributed by atoms with Crippen LogP contribution in [-0.2, 0) is 6.61 Å². The zero-order chi connectivity index (χ0) is 17.6. The lowest BCUT2D eigenvalue weighted by Gasteiger charge is -2.09. The van der Waals surface area contributed by atoms with Gasteiger partial charge in [-0.3, -0.25) is 10.1 Å². The molecule has 0 atom stereocenters. The Morgan fingerprint density at radius 1 is 0.880 bits per heavy atom. The lowest BCUT2D eigenvalue weighted by atomic mass is 10.2. The summed E-state index contributed by atoms with van der Waals surface area (Å²) in [6.45, 7) is 0.108. The summed E-state index contributed by atoms with van der Waals surface area (Å²) in [5.74, 6) is 0.817. The van der Waals surface area contributed by atoms with E-state index in [9.17, 15) is 14.5 Å². The fourth-order valence-electron chi connectivity index (χ4n) is 2.20. The molecular weight excluding hydrogens is 325 g/mol. The third kappa shape index (κ3) is 4.11. The molecule has 3 aromatic rings. The topological polar surface area (TPSA) is 61.6 Å². The van der Waals surface area contributed by atoms with Gasteiger partial charge in [0.1, 0.15) is 23.9 Å². The van der Waals surface area contributed by atoms with Crippen molar-refractivity contribution in [2.24, 2.45) is 0 Å². The number of ether oxygens (including phenoxy) is 2. The maximum absolute atomic E-state index is 13.5. The average Bonchev–Trinajstić information content (AvgIpc) is 2.62. The summed E-state index contributed by atoms with van der Waals surface area (Å²) in [7, 11) is 0. The molecule has 0 aliphatic rings. The Morgan fingerprint density at radius 2 is 1.52 bits per heavy atom. The third-order valence-electron chi connectivity index (χ3n) is 3.47. The van der Waals surface area contributed by atoms with Gasteiger partial charge in [-0.25, -0.2) is 4.39 Å². The maximum atomic E-state index is 13.5. The van der Waals surface area contributed by atoms with Gasteiger partial charge in [0.2, 0.25) is 5.75 Å². The van der Waals surface area contributed by atoms with Crippen LogP contribution in [0.15, 0.2) is 72.8 Å². The van der Waals surface area contributed by atoms with Crippen LogP contribution in [0, 0.1) is 15.9 Å². The van der Waals surface area contributed by atoms with Crippen molar-refractivity contribution >= 4 is 5.69 Å². The van der Waals surface area contributed by atoms with Crippen LogP contribution in [0.5, 0.6) is 17.2 Å². The van der Waals surface area contributed by atoms with Gasteiger partial charge in [0.25, 0.3) is 0 Å². The maximum Gasteiger partial charge on any atom is 0.311 e. The van der Waals surface area contributed by atoms with Crippen LogP contribution in [-0.4, -0.2) is 4.92 Å². The SMILES string of the molecule is O=[N+]([O-])c1ccccc1Oc1ccc(OCc2ccccc2F)cc1. The molecule has 0 fully saturated rings. The summed E-state index contributed by atoms with van der Waals surface area (Å²) in [4.78, 5) is 10.5. The molecule has 0 amide bonds. The number of benzene rings is 3. The molecule has 0 aliphatic carbocycles. The smallest absolute Gasteiger partial charge is 0.311 e. The molecule has 3 rings (SSSR count). The van der Waals surface area contributed by atoms with E-state index in [1.807, 2.05) is 0 Å². The lowest BCUT2D eigenvalue weighted by Crippen LogP contribution is -1.98. The van der Waals surface area contributed by atoms with Gasteiger partial charge in [-0.1, -0.05) is 30.3 Å². The summed E-state index contributed by atoms with van der Waals surface area (Å²) in [6.07, 6.45) is 0.